The molecule has 1 aliphatic carbocycles. The van der Waals surface area contributed by atoms with Crippen molar-refractivity contribution in [2.75, 3.05) is 20.3 Å². The lowest BCUT2D eigenvalue weighted by Crippen LogP contribution is -2.46. The van der Waals surface area contributed by atoms with Crippen molar-refractivity contribution >= 4 is 15.7 Å². The number of carbonyl (C=O) groups excluding carboxylic acids is 1. The van der Waals surface area contributed by atoms with Crippen molar-refractivity contribution in [2.45, 2.75) is 55.7 Å². The maximum atomic E-state index is 13.0. The van der Waals surface area contributed by atoms with E-state index in [1.165, 1.54) is 6.92 Å². The molecule has 26 heavy (non-hydrogen) atoms. The lowest BCUT2D eigenvalue weighted by Gasteiger charge is -2.29. The Morgan fingerprint density at radius 1 is 1.19 bits per heavy atom. The summed E-state index contributed by atoms with van der Waals surface area (Å²) in [7, 11) is -1.90. The van der Waals surface area contributed by atoms with Crippen molar-refractivity contribution in [3.05, 3.63) is 29.8 Å². The highest BCUT2D eigenvalue weighted by Gasteiger charge is 2.42. The third-order valence-corrected chi connectivity index (χ3v) is 7.84. The highest BCUT2D eigenvalue weighted by Crippen LogP contribution is 2.31. The molecule has 1 heterocycles. The molecule has 1 aromatic rings. The summed E-state index contributed by atoms with van der Waals surface area (Å²) in [5.74, 6) is 0.475. The Labute approximate surface area is 155 Å². The van der Waals surface area contributed by atoms with Gasteiger partial charge in [-0.05, 0) is 50.3 Å². The highest BCUT2D eigenvalue weighted by atomic mass is 32.2. The summed E-state index contributed by atoms with van der Waals surface area (Å²) >= 11 is 0. The van der Waals surface area contributed by atoms with Crippen LogP contribution in [0.2, 0.25) is 0 Å². The summed E-state index contributed by atoms with van der Waals surface area (Å²) < 4.78 is 36.2. The second kappa shape index (κ2) is 7.96. The molecule has 2 fully saturated rings. The smallest absolute Gasteiger partial charge is 0.241 e. The second-order valence-corrected chi connectivity index (χ2v) is 9.64. The number of carbonyl (C=O) groups is 1. The van der Waals surface area contributed by atoms with Gasteiger partial charge in [-0.2, -0.15) is 0 Å². The van der Waals surface area contributed by atoms with E-state index in [9.17, 15) is 13.2 Å². The Bertz CT molecular complexity index is 721. The third-order valence-electron chi connectivity index (χ3n) is 5.26. The van der Waals surface area contributed by atoms with Crippen LogP contribution in [0.25, 0.3) is 0 Å². The molecular formula is C19H27NO5S. The number of methoxy groups -OCH3 is 1. The molecule has 0 aromatic heterocycles. The molecule has 1 atom stereocenters. The average molecular weight is 381 g/mol. The lowest BCUT2D eigenvalue weighted by molar-refractivity contribution is -0.131. The first-order valence-corrected chi connectivity index (χ1v) is 10.8. The zero-order chi connectivity index (χ0) is 18.7. The van der Waals surface area contributed by atoms with E-state index >= 15 is 0 Å². The number of benzene rings is 1. The Balaban J connectivity index is 1.73. The maximum absolute atomic E-state index is 13.0. The number of nitrogens with zero attached hydrogens (tertiary/aromatic N) is 1. The first kappa shape index (κ1) is 19.2. The highest BCUT2D eigenvalue weighted by molar-refractivity contribution is 7.93. The van der Waals surface area contributed by atoms with E-state index in [4.69, 9.17) is 9.47 Å². The molecule has 1 amide bonds. The average Bonchev–Trinajstić information content (AvgIpc) is 3.51. The molecule has 6 nitrogen and oxygen atoms in total. The fourth-order valence-corrected chi connectivity index (χ4v) is 5.21. The van der Waals surface area contributed by atoms with E-state index in [0.29, 0.717) is 32.6 Å². The van der Waals surface area contributed by atoms with Crippen LogP contribution in [0.15, 0.2) is 24.3 Å². The molecule has 144 valence electrons. The van der Waals surface area contributed by atoms with Gasteiger partial charge in [-0.25, -0.2) is 8.42 Å². The summed E-state index contributed by atoms with van der Waals surface area (Å²) in [6, 6.07) is 7.69. The van der Waals surface area contributed by atoms with Crippen LogP contribution in [0.5, 0.6) is 5.75 Å². The minimum absolute atomic E-state index is 0.150. The van der Waals surface area contributed by atoms with Gasteiger partial charge in [0.25, 0.3) is 0 Å². The van der Waals surface area contributed by atoms with Crippen molar-refractivity contribution < 1.29 is 22.7 Å². The molecule has 1 aromatic carbocycles. The summed E-state index contributed by atoms with van der Waals surface area (Å²) in [6.45, 7) is 2.86. The monoisotopic (exact) mass is 381 g/mol. The molecule has 1 saturated carbocycles. The van der Waals surface area contributed by atoms with Gasteiger partial charge in [0, 0.05) is 25.8 Å². The van der Waals surface area contributed by atoms with Gasteiger partial charge in [-0.15, -0.1) is 0 Å². The molecule has 1 saturated heterocycles. The molecule has 2 aliphatic rings. The lowest BCUT2D eigenvalue weighted by atomic mass is 10.2. The third kappa shape index (κ3) is 4.20. The van der Waals surface area contributed by atoms with Gasteiger partial charge in [0.2, 0.25) is 5.91 Å². The van der Waals surface area contributed by atoms with Gasteiger partial charge in [0.15, 0.2) is 9.84 Å². The number of amides is 1. The zero-order valence-electron chi connectivity index (χ0n) is 15.4. The molecular weight excluding hydrogens is 354 g/mol. The van der Waals surface area contributed by atoms with Crippen LogP contribution >= 0.6 is 0 Å². The van der Waals surface area contributed by atoms with Gasteiger partial charge >= 0.3 is 0 Å². The van der Waals surface area contributed by atoms with Crippen molar-refractivity contribution in [2.24, 2.45) is 0 Å². The van der Waals surface area contributed by atoms with Crippen LogP contribution in [-0.4, -0.2) is 56.1 Å². The predicted octanol–water partition coefficient (Wildman–Crippen LogP) is 2.17. The first-order valence-electron chi connectivity index (χ1n) is 9.17. The number of hydrogen-bond donors (Lipinski definition) is 0. The molecule has 0 radical (unpaired) electrons. The summed E-state index contributed by atoms with van der Waals surface area (Å²) in [4.78, 5) is 14.8. The molecule has 3 rings (SSSR count). The standard InChI is InChI=1S/C19H27NO5S/c1-14(26(22,23)18-9-11-25-12-10-18)19(21)20(16-5-6-16)13-15-3-7-17(24-2)8-4-15/h3-4,7-8,14,16,18H,5-6,9-13H2,1-2H3/t14-/m1/s1. The molecule has 0 spiro atoms. The minimum atomic E-state index is -3.51. The largest absolute Gasteiger partial charge is 0.497 e. The SMILES string of the molecule is COc1ccc(CN(C(=O)[C@@H](C)S(=O)(=O)C2CCOCC2)C2CC2)cc1. The van der Waals surface area contributed by atoms with E-state index < -0.39 is 20.3 Å². The summed E-state index contributed by atoms with van der Waals surface area (Å²) in [5, 5.41) is -1.48. The maximum Gasteiger partial charge on any atom is 0.241 e. The fraction of sp³-hybridized carbons (Fsp3) is 0.632. The number of sulfone groups is 1. The molecule has 0 unspecified atom stereocenters. The van der Waals surface area contributed by atoms with Crippen LogP contribution in [0, 0.1) is 0 Å². The summed E-state index contributed by atoms with van der Waals surface area (Å²) in [5.41, 5.74) is 0.974. The minimum Gasteiger partial charge on any atom is -0.497 e. The van der Waals surface area contributed by atoms with E-state index in [0.717, 1.165) is 24.2 Å². The molecule has 0 N–H and O–H groups in total. The molecule has 7 heteroatoms. The number of rotatable bonds is 7. The Hall–Kier alpha value is -1.60. The van der Waals surface area contributed by atoms with Crippen LogP contribution in [0.3, 0.4) is 0 Å². The van der Waals surface area contributed by atoms with Crippen LogP contribution in [0.4, 0.5) is 0 Å². The molecule has 1 aliphatic heterocycles. The second-order valence-electron chi connectivity index (χ2n) is 7.09. The van der Waals surface area contributed by atoms with Crippen LogP contribution in [0.1, 0.15) is 38.2 Å². The van der Waals surface area contributed by atoms with Crippen LogP contribution < -0.4 is 4.74 Å². The normalized spacial score (nSPS) is 19.8. The molecule has 0 bridgehead atoms. The number of ether oxygens (including phenoxy) is 2. The van der Waals surface area contributed by atoms with E-state index in [1.807, 2.05) is 24.3 Å². The first-order chi connectivity index (χ1) is 12.4. The van der Waals surface area contributed by atoms with E-state index in [1.54, 1.807) is 12.0 Å². The van der Waals surface area contributed by atoms with Gasteiger partial charge < -0.3 is 14.4 Å². The van der Waals surface area contributed by atoms with Crippen molar-refractivity contribution in [3.8, 4) is 5.75 Å². The Morgan fingerprint density at radius 3 is 2.35 bits per heavy atom. The van der Waals surface area contributed by atoms with E-state index in [2.05, 4.69) is 0 Å². The van der Waals surface area contributed by atoms with Gasteiger partial charge in [0.1, 0.15) is 11.0 Å². The van der Waals surface area contributed by atoms with Crippen molar-refractivity contribution in [3.63, 3.8) is 0 Å². The quantitative estimate of drug-likeness (QED) is 0.724. The Kier molecular flexibility index (Phi) is 5.87. The van der Waals surface area contributed by atoms with E-state index in [-0.39, 0.29) is 11.9 Å². The van der Waals surface area contributed by atoms with Gasteiger partial charge in [-0.1, -0.05) is 12.1 Å². The summed E-state index contributed by atoms with van der Waals surface area (Å²) in [6.07, 6.45) is 2.82. The van der Waals surface area contributed by atoms with Gasteiger partial charge in [0.05, 0.1) is 12.4 Å². The Morgan fingerprint density at radius 2 is 1.81 bits per heavy atom. The van der Waals surface area contributed by atoms with Crippen molar-refractivity contribution in [1.82, 2.24) is 4.90 Å². The van der Waals surface area contributed by atoms with Crippen molar-refractivity contribution in [1.29, 1.82) is 0 Å². The fourth-order valence-electron chi connectivity index (χ4n) is 3.37. The van der Waals surface area contributed by atoms with Crippen LogP contribution in [-0.2, 0) is 25.9 Å². The zero-order valence-corrected chi connectivity index (χ0v) is 16.2. The topological polar surface area (TPSA) is 72.9 Å². The number of hydrogen-bond acceptors (Lipinski definition) is 5. The van der Waals surface area contributed by atoms with Gasteiger partial charge in [-0.3, -0.25) is 4.79 Å². The predicted molar refractivity (Wildman–Crippen MR) is 98.8 cm³/mol.